The molecule has 2 saturated heterocycles. The van der Waals surface area contributed by atoms with E-state index >= 15 is 0 Å². The van der Waals surface area contributed by atoms with E-state index in [1.54, 1.807) is 0 Å². The quantitative estimate of drug-likeness (QED) is 0.811. The molecule has 1 N–H and O–H groups in total. The van der Waals surface area contributed by atoms with Gasteiger partial charge in [0.25, 0.3) is 0 Å². The van der Waals surface area contributed by atoms with Crippen molar-refractivity contribution in [3.8, 4) is 0 Å². The van der Waals surface area contributed by atoms with Gasteiger partial charge in [0, 0.05) is 26.6 Å². The van der Waals surface area contributed by atoms with Gasteiger partial charge in [-0.15, -0.1) is 24.8 Å². The maximum absolute atomic E-state index is 12.4. The number of amides is 1. The third-order valence-corrected chi connectivity index (χ3v) is 5.32. The third kappa shape index (κ3) is 7.59. The van der Waals surface area contributed by atoms with Gasteiger partial charge in [-0.2, -0.15) is 0 Å². The Morgan fingerprint density at radius 3 is 2.65 bits per heavy atom. The van der Waals surface area contributed by atoms with Crippen LogP contribution in [-0.2, 0) is 4.79 Å². The van der Waals surface area contributed by atoms with Gasteiger partial charge in [0.1, 0.15) is 0 Å². The fraction of sp³-hybridized carbons (Fsp3) is 0.941. The molecule has 0 spiro atoms. The number of hydrogen-bond acceptors (Lipinski definition) is 3. The Morgan fingerprint density at radius 1 is 1.30 bits per heavy atom. The Morgan fingerprint density at radius 2 is 2.04 bits per heavy atom. The molecule has 2 aliphatic rings. The Labute approximate surface area is 154 Å². The van der Waals surface area contributed by atoms with E-state index in [2.05, 4.69) is 24.2 Å². The summed E-state index contributed by atoms with van der Waals surface area (Å²) >= 11 is 0. The molecule has 4 nitrogen and oxygen atoms in total. The van der Waals surface area contributed by atoms with Crippen LogP contribution in [0.3, 0.4) is 0 Å². The highest BCUT2D eigenvalue weighted by molar-refractivity contribution is 5.85. The van der Waals surface area contributed by atoms with Crippen LogP contribution < -0.4 is 5.32 Å². The highest BCUT2D eigenvalue weighted by atomic mass is 35.5. The van der Waals surface area contributed by atoms with E-state index in [-0.39, 0.29) is 24.8 Å². The molecule has 0 aliphatic carbocycles. The van der Waals surface area contributed by atoms with Gasteiger partial charge < -0.3 is 15.1 Å². The van der Waals surface area contributed by atoms with Crippen molar-refractivity contribution < 1.29 is 4.79 Å². The maximum Gasteiger partial charge on any atom is 0.222 e. The van der Waals surface area contributed by atoms with Crippen LogP contribution >= 0.6 is 24.8 Å². The SMILES string of the molecule is CC(CC(=O)N(C)CC1CCCN(C)C1)C1CCCNC1.Cl.Cl. The summed E-state index contributed by atoms with van der Waals surface area (Å²) in [6.07, 6.45) is 5.79. The van der Waals surface area contributed by atoms with Gasteiger partial charge in [-0.1, -0.05) is 6.92 Å². The van der Waals surface area contributed by atoms with Crippen molar-refractivity contribution in [1.82, 2.24) is 15.1 Å². The molecular weight excluding hydrogens is 333 g/mol. The first-order chi connectivity index (χ1) is 10.1. The maximum atomic E-state index is 12.4. The van der Waals surface area contributed by atoms with Gasteiger partial charge >= 0.3 is 0 Å². The molecular formula is C17H35Cl2N3O. The van der Waals surface area contributed by atoms with Crippen molar-refractivity contribution in [2.24, 2.45) is 17.8 Å². The van der Waals surface area contributed by atoms with Crippen LogP contribution in [0.1, 0.15) is 39.0 Å². The number of likely N-dealkylation sites (tertiary alicyclic amines) is 1. The van der Waals surface area contributed by atoms with E-state index in [0.717, 1.165) is 26.2 Å². The minimum atomic E-state index is 0. The van der Waals surface area contributed by atoms with Crippen molar-refractivity contribution >= 4 is 30.7 Å². The summed E-state index contributed by atoms with van der Waals surface area (Å²) in [7, 11) is 4.18. The Hall–Kier alpha value is -0.0300. The first-order valence-corrected chi connectivity index (χ1v) is 8.69. The van der Waals surface area contributed by atoms with E-state index in [1.807, 2.05) is 11.9 Å². The molecule has 6 heteroatoms. The van der Waals surface area contributed by atoms with Crippen LogP contribution in [0.15, 0.2) is 0 Å². The van der Waals surface area contributed by atoms with Gasteiger partial charge in [0.15, 0.2) is 0 Å². The summed E-state index contributed by atoms with van der Waals surface area (Å²) in [6, 6.07) is 0. The fourth-order valence-electron chi connectivity index (χ4n) is 3.87. The predicted molar refractivity (Wildman–Crippen MR) is 102 cm³/mol. The Bertz CT molecular complexity index is 338. The standard InChI is InChI=1S/C17H33N3O.2ClH/c1-14(16-7-4-8-18-11-16)10-17(21)20(3)13-15-6-5-9-19(2)12-15;;/h14-16,18H,4-13H2,1-3H3;2*1H. The lowest BCUT2D eigenvalue weighted by atomic mass is 9.85. The van der Waals surface area contributed by atoms with Crippen molar-refractivity contribution in [1.29, 1.82) is 0 Å². The largest absolute Gasteiger partial charge is 0.345 e. The molecule has 3 atom stereocenters. The van der Waals surface area contributed by atoms with E-state index in [4.69, 9.17) is 0 Å². The molecule has 23 heavy (non-hydrogen) atoms. The van der Waals surface area contributed by atoms with Gasteiger partial charge in [-0.05, 0) is 70.1 Å². The zero-order chi connectivity index (χ0) is 15.2. The fourth-order valence-corrected chi connectivity index (χ4v) is 3.87. The van der Waals surface area contributed by atoms with Crippen LogP contribution in [0, 0.1) is 17.8 Å². The van der Waals surface area contributed by atoms with Crippen molar-refractivity contribution in [2.45, 2.75) is 39.0 Å². The molecule has 3 unspecified atom stereocenters. The number of carbonyl (C=O) groups excluding carboxylic acids is 1. The summed E-state index contributed by atoms with van der Waals surface area (Å²) in [5.41, 5.74) is 0. The van der Waals surface area contributed by atoms with E-state index < -0.39 is 0 Å². The number of piperidine rings is 2. The molecule has 0 aromatic carbocycles. The minimum Gasteiger partial charge on any atom is -0.345 e. The first kappa shape index (κ1) is 23.0. The van der Waals surface area contributed by atoms with Crippen molar-refractivity contribution in [3.05, 3.63) is 0 Å². The van der Waals surface area contributed by atoms with Crippen LogP contribution in [-0.4, -0.2) is 62.5 Å². The average molecular weight is 368 g/mol. The molecule has 2 rings (SSSR count). The highest BCUT2D eigenvalue weighted by Gasteiger charge is 2.25. The molecule has 138 valence electrons. The van der Waals surface area contributed by atoms with E-state index in [0.29, 0.717) is 30.1 Å². The smallest absolute Gasteiger partial charge is 0.222 e. The summed E-state index contributed by atoms with van der Waals surface area (Å²) in [5, 5.41) is 3.46. The molecule has 2 aliphatic heterocycles. The van der Waals surface area contributed by atoms with Gasteiger partial charge in [0.05, 0.1) is 0 Å². The number of hydrogen-bond donors (Lipinski definition) is 1. The molecule has 0 saturated carbocycles. The number of halogens is 2. The second-order valence-electron chi connectivity index (χ2n) is 7.33. The van der Waals surface area contributed by atoms with Gasteiger partial charge in [-0.3, -0.25) is 4.79 Å². The minimum absolute atomic E-state index is 0. The van der Waals surface area contributed by atoms with Crippen LogP contribution in [0.5, 0.6) is 0 Å². The molecule has 0 aromatic rings. The van der Waals surface area contributed by atoms with Crippen molar-refractivity contribution in [2.75, 3.05) is 46.8 Å². The lowest BCUT2D eigenvalue weighted by Gasteiger charge is -2.33. The van der Waals surface area contributed by atoms with Gasteiger partial charge in [0.2, 0.25) is 5.91 Å². The third-order valence-electron chi connectivity index (χ3n) is 5.32. The summed E-state index contributed by atoms with van der Waals surface area (Å²) in [6.45, 7) is 7.76. The van der Waals surface area contributed by atoms with E-state index in [9.17, 15) is 4.79 Å². The number of nitrogens with one attached hydrogen (secondary N) is 1. The number of carbonyl (C=O) groups is 1. The molecule has 2 fully saturated rings. The lowest BCUT2D eigenvalue weighted by molar-refractivity contribution is -0.132. The number of nitrogens with zero attached hydrogens (tertiary/aromatic N) is 2. The van der Waals surface area contributed by atoms with Crippen molar-refractivity contribution in [3.63, 3.8) is 0 Å². The highest BCUT2D eigenvalue weighted by Crippen LogP contribution is 2.23. The first-order valence-electron chi connectivity index (χ1n) is 8.69. The zero-order valence-corrected chi connectivity index (χ0v) is 16.6. The molecule has 0 bridgehead atoms. The summed E-state index contributed by atoms with van der Waals surface area (Å²) in [5.74, 6) is 2.17. The van der Waals surface area contributed by atoms with Crippen LogP contribution in [0.4, 0.5) is 0 Å². The number of rotatable bonds is 5. The second kappa shape index (κ2) is 11.5. The molecule has 1 amide bonds. The summed E-state index contributed by atoms with van der Waals surface area (Å²) < 4.78 is 0. The lowest BCUT2D eigenvalue weighted by Crippen LogP contribution is -2.41. The summed E-state index contributed by atoms with van der Waals surface area (Å²) in [4.78, 5) is 16.8. The zero-order valence-electron chi connectivity index (χ0n) is 14.9. The normalized spacial score (nSPS) is 26.6. The molecule has 2 heterocycles. The average Bonchev–Trinajstić information content (AvgIpc) is 2.48. The van der Waals surface area contributed by atoms with Crippen LogP contribution in [0.25, 0.3) is 0 Å². The van der Waals surface area contributed by atoms with E-state index in [1.165, 1.54) is 32.2 Å². The molecule has 0 radical (unpaired) electrons. The van der Waals surface area contributed by atoms with Gasteiger partial charge in [-0.25, -0.2) is 0 Å². The Kier molecular flexibility index (Phi) is 11.5. The second-order valence-corrected chi connectivity index (χ2v) is 7.33. The predicted octanol–water partition coefficient (Wildman–Crippen LogP) is 2.66. The van der Waals surface area contributed by atoms with Crippen LogP contribution in [0.2, 0.25) is 0 Å². The molecule has 0 aromatic heterocycles. The topological polar surface area (TPSA) is 35.6 Å². The monoisotopic (exact) mass is 367 g/mol. The Balaban J connectivity index is 0.00000242.